The molecule has 0 atom stereocenters. The number of hydrogen-bond donors (Lipinski definition) is 1. The van der Waals surface area contributed by atoms with Crippen LogP contribution in [0.25, 0.3) is 37.5 Å². The molecule has 158 valence electrons. The molecular weight excluding hydrogens is 422 g/mol. The number of para-hydroxylation sites is 2. The molecule has 6 rings (SSSR count). The lowest BCUT2D eigenvalue weighted by molar-refractivity contribution is -0.279. The minimum absolute atomic E-state index is 0.163. The molecular formula is C24H18N5O2S-. The number of thiazole rings is 1. The van der Waals surface area contributed by atoms with Gasteiger partial charge in [0.2, 0.25) is 5.13 Å². The van der Waals surface area contributed by atoms with Gasteiger partial charge in [0, 0.05) is 29.3 Å². The van der Waals surface area contributed by atoms with Crippen LogP contribution in [0, 0.1) is 6.92 Å². The first kappa shape index (κ1) is 18.8. The topological polar surface area (TPSA) is 91.6 Å². The van der Waals surface area contributed by atoms with Crippen molar-refractivity contribution in [2.24, 2.45) is 0 Å². The second-order valence-corrected chi connectivity index (χ2v) is 8.78. The lowest BCUT2D eigenvalue weighted by Gasteiger charge is -2.22. The maximum absolute atomic E-state index is 13.2. The quantitative estimate of drug-likeness (QED) is 0.451. The van der Waals surface area contributed by atoms with Crippen LogP contribution < -0.4 is 10.7 Å². The van der Waals surface area contributed by atoms with E-state index >= 15 is 0 Å². The summed E-state index contributed by atoms with van der Waals surface area (Å²) in [5.41, 5.74) is 4.27. The van der Waals surface area contributed by atoms with Gasteiger partial charge in [0.05, 0.1) is 21.5 Å². The van der Waals surface area contributed by atoms with Crippen LogP contribution in [0.2, 0.25) is 0 Å². The highest BCUT2D eigenvalue weighted by atomic mass is 32.1. The van der Waals surface area contributed by atoms with Crippen molar-refractivity contribution in [2.45, 2.75) is 19.9 Å². The van der Waals surface area contributed by atoms with E-state index in [1.807, 2.05) is 55.6 Å². The Kier molecular flexibility index (Phi) is 4.16. The molecule has 0 saturated carbocycles. The van der Waals surface area contributed by atoms with Crippen molar-refractivity contribution >= 4 is 32.5 Å². The van der Waals surface area contributed by atoms with E-state index in [1.165, 1.54) is 22.1 Å². The number of hydrogen-bond acceptors (Lipinski definition) is 5. The first-order valence-corrected chi connectivity index (χ1v) is 11.1. The van der Waals surface area contributed by atoms with Crippen molar-refractivity contribution in [2.75, 3.05) is 0 Å². The van der Waals surface area contributed by atoms with E-state index in [0.717, 1.165) is 26.7 Å². The third-order valence-corrected chi connectivity index (χ3v) is 6.92. The molecule has 0 saturated heterocycles. The van der Waals surface area contributed by atoms with Gasteiger partial charge in [0.15, 0.2) is 0 Å². The monoisotopic (exact) mass is 440 g/mol. The first-order chi connectivity index (χ1) is 15.6. The van der Waals surface area contributed by atoms with Crippen molar-refractivity contribution in [3.8, 4) is 22.3 Å². The summed E-state index contributed by atoms with van der Waals surface area (Å²) in [6, 6.07) is 17.3. The maximum atomic E-state index is 13.2. The van der Waals surface area contributed by atoms with Gasteiger partial charge in [0.25, 0.3) is 5.56 Å². The third kappa shape index (κ3) is 2.84. The Bertz CT molecular complexity index is 1600. The number of aromatic amines is 1. The van der Waals surface area contributed by atoms with Crippen molar-refractivity contribution in [3.05, 3.63) is 82.4 Å². The van der Waals surface area contributed by atoms with Crippen LogP contribution in [0.4, 0.5) is 0 Å². The molecule has 0 aliphatic carbocycles. The molecule has 32 heavy (non-hydrogen) atoms. The minimum Gasteiger partial charge on any atom is -0.860 e. The Hall–Kier alpha value is -3.91. The lowest BCUT2D eigenvalue weighted by atomic mass is 10.1. The number of aromatic nitrogens is 5. The molecule has 0 unspecified atom stereocenters. The highest BCUT2D eigenvalue weighted by molar-refractivity contribution is 7.20. The molecule has 0 radical (unpaired) electrons. The fourth-order valence-electron chi connectivity index (χ4n) is 4.28. The molecule has 7 nitrogen and oxygen atoms in total. The van der Waals surface area contributed by atoms with Crippen LogP contribution in [0.1, 0.15) is 11.3 Å². The summed E-state index contributed by atoms with van der Waals surface area (Å²) >= 11 is 1.40. The van der Waals surface area contributed by atoms with E-state index in [0.29, 0.717) is 35.0 Å². The van der Waals surface area contributed by atoms with Gasteiger partial charge in [-0.1, -0.05) is 41.7 Å². The highest BCUT2D eigenvalue weighted by Crippen LogP contribution is 2.29. The highest BCUT2D eigenvalue weighted by Gasteiger charge is 2.22. The number of pyridine rings is 1. The van der Waals surface area contributed by atoms with Crippen molar-refractivity contribution in [1.29, 1.82) is 0 Å². The smallest absolute Gasteiger partial charge is 0.284 e. The van der Waals surface area contributed by atoms with Crippen molar-refractivity contribution in [1.82, 2.24) is 24.3 Å². The summed E-state index contributed by atoms with van der Waals surface area (Å²) < 4.78 is 3.96. The van der Waals surface area contributed by atoms with Gasteiger partial charge in [-0.3, -0.25) is 4.79 Å². The van der Waals surface area contributed by atoms with Gasteiger partial charge in [-0.25, -0.2) is 4.98 Å². The van der Waals surface area contributed by atoms with Crippen LogP contribution in [0.5, 0.6) is 5.88 Å². The van der Waals surface area contributed by atoms with Crippen LogP contribution in [-0.2, 0) is 13.0 Å². The fourth-order valence-corrected chi connectivity index (χ4v) is 5.20. The van der Waals surface area contributed by atoms with E-state index in [4.69, 9.17) is 0 Å². The van der Waals surface area contributed by atoms with Crippen LogP contribution >= 0.6 is 11.3 Å². The Balaban J connectivity index is 1.41. The predicted molar refractivity (Wildman–Crippen MR) is 124 cm³/mol. The zero-order valence-electron chi connectivity index (χ0n) is 17.2. The molecule has 2 aromatic carbocycles. The third-order valence-electron chi connectivity index (χ3n) is 5.91. The predicted octanol–water partition coefficient (Wildman–Crippen LogP) is 3.85. The second kappa shape index (κ2) is 7.06. The number of nitrogens with one attached hydrogen (secondary N) is 1. The molecule has 4 heterocycles. The summed E-state index contributed by atoms with van der Waals surface area (Å²) in [4.78, 5) is 21.1. The number of benzene rings is 2. The molecule has 8 heteroatoms. The number of rotatable bonds is 4. The molecule has 2 aliphatic heterocycles. The Morgan fingerprint density at radius 3 is 2.81 bits per heavy atom. The number of nitrogens with zero attached hydrogens (tertiary/aromatic N) is 4. The van der Waals surface area contributed by atoms with Crippen LogP contribution in [0.3, 0.4) is 0 Å². The van der Waals surface area contributed by atoms with Gasteiger partial charge in [-0.15, -0.1) is 0 Å². The van der Waals surface area contributed by atoms with E-state index in [-0.39, 0.29) is 11.4 Å². The SMILES string of the molecule is Cc1c2c(=O)n(-c3nc4ccccc4s3)nc-2cc([O-])n1CCc1c[nH]c2ccccc12. The van der Waals surface area contributed by atoms with Crippen LogP contribution in [0.15, 0.2) is 65.6 Å². The maximum Gasteiger partial charge on any atom is 0.284 e. The average Bonchev–Trinajstić information content (AvgIpc) is 3.48. The van der Waals surface area contributed by atoms with Gasteiger partial charge >= 0.3 is 0 Å². The molecule has 2 aliphatic rings. The summed E-state index contributed by atoms with van der Waals surface area (Å²) in [5, 5.41) is 18.9. The zero-order chi connectivity index (χ0) is 21.8. The van der Waals surface area contributed by atoms with E-state index in [1.54, 1.807) is 4.57 Å². The van der Waals surface area contributed by atoms with Gasteiger partial charge in [-0.2, -0.15) is 9.78 Å². The van der Waals surface area contributed by atoms with Crippen molar-refractivity contribution < 1.29 is 5.11 Å². The lowest BCUT2D eigenvalue weighted by Crippen LogP contribution is -2.18. The molecule has 1 N–H and O–H groups in total. The van der Waals surface area contributed by atoms with Crippen LogP contribution in [-0.4, -0.2) is 24.3 Å². The average molecular weight is 441 g/mol. The van der Waals surface area contributed by atoms with Gasteiger partial charge < -0.3 is 14.7 Å². The molecule has 0 bridgehead atoms. The van der Waals surface area contributed by atoms with E-state index < -0.39 is 0 Å². The van der Waals surface area contributed by atoms with Gasteiger partial charge in [0.1, 0.15) is 0 Å². The Labute approximate surface area is 186 Å². The summed E-state index contributed by atoms with van der Waals surface area (Å²) in [7, 11) is 0. The van der Waals surface area contributed by atoms with E-state index in [2.05, 4.69) is 21.1 Å². The summed E-state index contributed by atoms with van der Waals surface area (Å²) in [5.74, 6) is -0.163. The Morgan fingerprint density at radius 1 is 1.12 bits per heavy atom. The number of H-pyrrole nitrogens is 1. The normalized spacial score (nSPS) is 11.8. The molecule has 4 aromatic rings. The first-order valence-electron chi connectivity index (χ1n) is 10.3. The van der Waals surface area contributed by atoms with Crippen molar-refractivity contribution in [3.63, 3.8) is 0 Å². The van der Waals surface area contributed by atoms with E-state index in [9.17, 15) is 9.90 Å². The largest absolute Gasteiger partial charge is 0.860 e. The summed E-state index contributed by atoms with van der Waals surface area (Å²) in [6.45, 7) is 2.29. The number of fused-ring (bicyclic) bond motifs is 3. The minimum atomic E-state index is -0.252. The standard InChI is InChI=1S/C24H19N5O2S/c1-14-22-19(27-29(23(22)31)24-26-18-8-4-5-9-20(18)32-24)12-21(30)28(14)11-10-15-13-25-17-7-3-2-6-16(15)17/h2-9,12-13,25,30H,10-11H2,1H3/p-1. The zero-order valence-corrected chi connectivity index (χ0v) is 18.0. The summed E-state index contributed by atoms with van der Waals surface area (Å²) in [6.07, 6.45) is 2.66. The number of aryl methyl sites for hydroxylation is 1. The van der Waals surface area contributed by atoms with Gasteiger partial charge in [-0.05, 0) is 49.1 Å². The second-order valence-electron chi connectivity index (χ2n) is 7.77. The molecule has 0 spiro atoms. The molecule has 2 aromatic heterocycles. The Morgan fingerprint density at radius 2 is 1.94 bits per heavy atom. The molecule has 0 amide bonds. The molecule has 0 fully saturated rings. The fraction of sp³-hybridized carbons (Fsp3) is 0.125.